The van der Waals surface area contributed by atoms with Gasteiger partial charge in [0.2, 0.25) is 5.91 Å². The Kier molecular flexibility index (Phi) is 50.0. The first-order chi connectivity index (χ1) is 38.2. The van der Waals surface area contributed by atoms with Gasteiger partial charge in [0.05, 0.1) is 25.4 Å². The summed E-state index contributed by atoms with van der Waals surface area (Å²) in [5.74, 6) is -1.24. The summed E-state index contributed by atoms with van der Waals surface area (Å²) in [5.41, 5.74) is 0. The Morgan fingerprint density at radius 2 is 0.923 bits per heavy atom. The molecule has 0 aliphatic carbocycles. The van der Waals surface area contributed by atoms with Crippen molar-refractivity contribution in [1.82, 2.24) is 5.32 Å². The van der Waals surface area contributed by atoms with Gasteiger partial charge in [-0.1, -0.05) is 233 Å². The van der Waals surface area contributed by atoms with Gasteiger partial charge >= 0.3 is 5.97 Å². The van der Waals surface area contributed by atoms with Crippen molar-refractivity contribution < 1.29 is 49.3 Å². The summed E-state index contributed by atoms with van der Waals surface area (Å²) in [5, 5.41) is 57.0. The van der Waals surface area contributed by atoms with Crippen molar-refractivity contribution in [3.63, 3.8) is 0 Å². The van der Waals surface area contributed by atoms with Crippen LogP contribution < -0.4 is 5.32 Å². The molecule has 8 atom stereocenters. The minimum atomic E-state index is -1.63. The molecule has 446 valence electrons. The van der Waals surface area contributed by atoms with Crippen molar-refractivity contribution in [2.45, 2.75) is 288 Å². The number of amides is 1. The number of esters is 1. The van der Waals surface area contributed by atoms with E-state index in [0.29, 0.717) is 12.8 Å². The quantitative estimate of drug-likeness (QED) is 0.0195. The van der Waals surface area contributed by atoms with Gasteiger partial charge in [-0.3, -0.25) is 9.59 Å². The molecular weight excluding hydrogens is 979 g/mol. The molecule has 1 saturated heterocycles. The van der Waals surface area contributed by atoms with Gasteiger partial charge in [-0.05, 0) is 109 Å². The van der Waals surface area contributed by atoms with Gasteiger partial charge in [-0.15, -0.1) is 0 Å². The Morgan fingerprint density at radius 1 is 0.513 bits per heavy atom. The van der Waals surface area contributed by atoms with Crippen LogP contribution in [-0.2, 0) is 23.8 Å². The van der Waals surface area contributed by atoms with E-state index in [1.165, 1.54) is 64.2 Å². The molecule has 1 aliphatic heterocycles. The maximum atomic E-state index is 13.4. The van der Waals surface area contributed by atoms with E-state index in [9.17, 15) is 35.1 Å². The molecule has 0 spiro atoms. The topological polar surface area (TPSA) is 175 Å². The van der Waals surface area contributed by atoms with E-state index in [-0.39, 0.29) is 19.4 Å². The van der Waals surface area contributed by atoms with E-state index in [1.54, 1.807) is 6.08 Å². The molecule has 1 heterocycles. The first-order valence-electron chi connectivity index (χ1n) is 31.2. The Hall–Kier alpha value is -3.68. The minimum absolute atomic E-state index is 0.0899. The molecule has 1 amide bonds. The fourth-order valence-corrected chi connectivity index (χ4v) is 8.98. The maximum absolute atomic E-state index is 13.4. The number of aliphatic hydroxyl groups is 5. The monoisotopic (exact) mass is 1090 g/mol. The van der Waals surface area contributed by atoms with E-state index >= 15 is 0 Å². The lowest BCUT2D eigenvalue weighted by Crippen LogP contribution is -2.61. The Balaban J connectivity index is 2.72. The summed E-state index contributed by atoms with van der Waals surface area (Å²) in [6, 6.07) is -1.05. The van der Waals surface area contributed by atoms with Gasteiger partial charge in [0.25, 0.3) is 0 Å². The molecule has 0 aromatic carbocycles. The first kappa shape index (κ1) is 72.3. The van der Waals surface area contributed by atoms with Crippen LogP contribution in [0.25, 0.3) is 0 Å². The van der Waals surface area contributed by atoms with E-state index in [2.05, 4.69) is 123 Å². The van der Waals surface area contributed by atoms with Crippen LogP contribution >= 0.6 is 0 Å². The number of ether oxygens (including phenoxy) is 3. The van der Waals surface area contributed by atoms with Crippen molar-refractivity contribution in [3.05, 3.63) is 109 Å². The molecule has 6 N–H and O–H groups in total. The zero-order valence-corrected chi connectivity index (χ0v) is 49.2. The lowest BCUT2D eigenvalue weighted by Gasteiger charge is -2.41. The molecule has 0 bridgehead atoms. The smallest absolute Gasteiger partial charge is 0.306 e. The summed E-state index contributed by atoms with van der Waals surface area (Å²) in [6.07, 6.45) is 62.6. The fraction of sp³-hybridized carbons (Fsp3) is 0.701. The zero-order valence-electron chi connectivity index (χ0n) is 49.2. The second-order valence-corrected chi connectivity index (χ2v) is 21.0. The summed E-state index contributed by atoms with van der Waals surface area (Å²) < 4.78 is 17.6. The number of hydrogen-bond donors (Lipinski definition) is 6. The van der Waals surface area contributed by atoms with Crippen LogP contribution in [-0.4, -0.2) is 99.6 Å². The zero-order chi connectivity index (χ0) is 56.8. The predicted molar refractivity (Wildman–Crippen MR) is 324 cm³/mol. The summed E-state index contributed by atoms with van der Waals surface area (Å²) in [6.45, 7) is 5.61. The molecule has 0 aromatic heterocycles. The lowest BCUT2D eigenvalue weighted by molar-refractivity contribution is -0.305. The van der Waals surface area contributed by atoms with E-state index in [4.69, 9.17) is 14.2 Å². The third-order valence-corrected chi connectivity index (χ3v) is 13.9. The first-order valence-corrected chi connectivity index (χ1v) is 31.2. The summed E-state index contributed by atoms with van der Waals surface area (Å²) in [4.78, 5) is 26.5. The molecule has 1 rings (SSSR count). The number of allylic oxidation sites excluding steroid dienone is 17. The SMILES string of the molecule is CC/C=C\C/C=C\C/C=C\C/C=C\C/C=C\CCCCCCC(O)C(=O)NC(COC1OC(CO)C(O)C(O)C1OC(=O)CCCCCC/C=C\C/C=C\C/C=C\CCCCC)C(O)/C=C/CCCCCCCCCCCC. The third-order valence-electron chi connectivity index (χ3n) is 13.9. The van der Waals surface area contributed by atoms with Crippen LogP contribution in [0.5, 0.6) is 0 Å². The average molecular weight is 1090 g/mol. The van der Waals surface area contributed by atoms with Crippen molar-refractivity contribution in [2.75, 3.05) is 13.2 Å². The molecule has 1 aliphatic rings. The van der Waals surface area contributed by atoms with Gasteiger partial charge in [0.15, 0.2) is 12.4 Å². The van der Waals surface area contributed by atoms with Crippen LogP contribution in [0.4, 0.5) is 0 Å². The van der Waals surface area contributed by atoms with Crippen LogP contribution in [0, 0.1) is 0 Å². The molecule has 78 heavy (non-hydrogen) atoms. The molecule has 0 saturated carbocycles. The lowest BCUT2D eigenvalue weighted by atomic mass is 9.99. The average Bonchev–Trinajstić information content (AvgIpc) is 3.44. The van der Waals surface area contributed by atoms with E-state index in [1.807, 2.05) is 6.08 Å². The normalized spacial score (nSPS) is 19.7. The van der Waals surface area contributed by atoms with Crippen LogP contribution in [0.3, 0.4) is 0 Å². The van der Waals surface area contributed by atoms with Gasteiger partial charge in [0, 0.05) is 6.42 Å². The van der Waals surface area contributed by atoms with Crippen LogP contribution in [0.15, 0.2) is 109 Å². The number of carbonyl (C=O) groups excluding carboxylic acids is 2. The number of hydrogen-bond acceptors (Lipinski definition) is 10. The highest BCUT2D eigenvalue weighted by atomic mass is 16.7. The summed E-state index contributed by atoms with van der Waals surface area (Å²) >= 11 is 0. The Labute approximate surface area is 475 Å². The summed E-state index contributed by atoms with van der Waals surface area (Å²) in [7, 11) is 0. The number of carbonyl (C=O) groups is 2. The van der Waals surface area contributed by atoms with Gasteiger partial charge in [-0.2, -0.15) is 0 Å². The van der Waals surface area contributed by atoms with Crippen molar-refractivity contribution in [3.8, 4) is 0 Å². The molecule has 1 fully saturated rings. The Morgan fingerprint density at radius 3 is 1.41 bits per heavy atom. The van der Waals surface area contributed by atoms with Crippen LogP contribution in [0.1, 0.15) is 239 Å². The number of rotatable bonds is 51. The highest BCUT2D eigenvalue weighted by molar-refractivity contribution is 5.80. The van der Waals surface area contributed by atoms with E-state index < -0.39 is 67.4 Å². The number of nitrogens with one attached hydrogen (secondary N) is 1. The predicted octanol–water partition coefficient (Wildman–Crippen LogP) is 14.9. The third kappa shape index (κ3) is 41.3. The van der Waals surface area contributed by atoms with Gasteiger partial charge < -0.3 is 45.1 Å². The molecule has 8 unspecified atom stereocenters. The molecule has 0 aromatic rings. The highest BCUT2D eigenvalue weighted by Gasteiger charge is 2.47. The van der Waals surface area contributed by atoms with Gasteiger partial charge in [-0.25, -0.2) is 0 Å². The van der Waals surface area contributed by atoms with Crippen molar-refractivity contribution >= 4 is 11.9 Å². The minimum Gasteiger partial charge on any atom is -0.454 e. The maximum Gasteiger partial charge on any atom is 0.306 e. The second-order valence-electron chi connectivity index (χ2n) is 21.0. The Bertz CT molecular complexity index is 1680. The van der Waals surface area contributed by atoms with Crippen molar-refractivity contribution in [1.29, 1.82) is 0 Å². The number of unbranched alkanes of at least 4 members (excludes halogenated alkanes) is 21. The van der Waals surface area contributed by atoms with Gasteiger partial charge in [0.1, 0.15) is 24.4 Å². The molecular formula is C67H113NO10. The standard InChI is InChI=1S/C67H113NO10/c1-4-7-10-13-16-19-22-25-27-29-30-31-33-34-36-39-42-45-48-51-54-60(71)66(75)68-58(59(70)53-50-47-44-41-38-24-21-18-15-12-9-6-3)57-76-67-65(64(74)63(73)61(56-69)77-67)78-62(72)55-52-49-46-43-40-37-35-32-28-26-23-20-17-14-11-8-5-2/h7,10,16-17,19-20,25-28,30-31,34-37,50,53,58-61,63-65,67,69-71,73-74H,4-6,8-9,11-15,18,21-24,29,32-33,38-49,51-52,54-57H2,1-3H3,(H,68,75)/b10-7-,19-16-,20-17-,27-25-,28-26-,31-30-,36-34-,37-35-,53-50+. The molecule has 11 heteroatoms. The van der Waals surface area contributed by atoms with E-state index in [0.717, 1.165) is 128 Å². The molecule has 0 radical (unpaired) electrons. The second kappa shape index (κ2) is 53.9. The number of aliphatic hydroxyl groups excluding tert-OH is 5. The highest BCUT2D eigenvalue weighted by Crippen LogP contribution is 2.26. The molecule has 11 nitrogen and oxygen atoms in total. The largest absolute Gasteiger partial charge is 0.454 e. The fourth-order valence-electron chi connectivity index (χ4n) is 8.98. The van der Waals surface area contributed by atoms with Crippen LogP contribution in [0.2, 0.25) is 0 Å². The van der Waals surface area contributed by atoms with Crippen molar-refractivity contribution in [2.24, 2.45) is 0 Å².